The van der Waals surface area contributed by atoms with Gasteiger partial charge in [-0.25, -0.2) is 0 Å². The van der Waals surface area contributed by atoms with E-state index in [0.29, 0.717) is 30.9 Å². The third-order valence-corrected chi connectivity index (χ3v) is 5.03. The summed E-state index contributed by atoms with van der Waals surface area (Å²) in [7, 11) is 1.63. The summed E-state index contributed by atoms with van der Waals surface area (Å²) in [5, 5.41) is 4.75. The number of ether oxygens (including phenoxy) is 1. The lowest BCUT2D eigenvalue weighted by molar-refractivity contribution is 0.0791. The van der Waals surface area contributed by atoms with Crippen molar-refractivity contribution in [3.05, 3.63) is 71.9 Å². The molecule has 0 spiro atoms. The number of likely N-dealkylation sites (tertiary alicyclic amines) is 1. The number of nitrogens with two attached hydrogens (primary N) is 1. The minimum Gasteiger partial charge on any atom is -0.497 e. The van der Waals surface area contributed by atoms with Gasteiger partial charge >= 0.3 is 0 Å². The van der Waals surface area contributed by atoms with E-state index in [2.05, 4.69) is 0 Å². The van der Waals surface area contributed by atoms with E-state index in [0.717, 1.165) is 23.3 Å². The molecule has 4 rings (SSSR count). The van der Waals surface area contributed by atoms with Crippen LogP contribution in [0.5, 0.6) is 5.75 Å². The Hall–Kier alpha value is -2.83. The predicted octanol–water partition coefficient (Wildman–Crippen LogP) is 3.20. The zero-order valence-corrected chi connectivity index (χ0v) is 17.1. The largest absolute Gasteiger partial charge is 0.497 e. The molecule has 0 radical (unpaired) electrons. The first-order valence-corrected chi connectivity index (χ1v) is 9.44. The minimum absolute atomic E-state index is 0. The Morgan fingerprint density at radius 3 is 2.69 bits per heavy atom. The van der Waals surface area contributed by atoms with Crippen molar-refractivity contribution in [3.8, 4) is 17.0 Å². The molecule has 1 atom stereocenters. The fourth-order valence-electron chi connectivity index (χ4n) is 3.56. The fourth-order valence-corrected chi connectivity index (χ4v) is 3.56. The summed E-state index contributed by atoms with van der Waals surface area (Å²) in [6.45, 7) is 1.87. The van der Waals surface area contributed by atoms with Crippen molar-refractivity contribution in [3.63, 3.8) is 0 Å². The van der Waals surface area contributed by atoms with E-state index in [4.69, 9.17) is 15.6 Å². The number of halogens is 1. The summed E-state index contributed by atoms with van der Waals surface area (Å²) in [4.78, 5) is 15.0. The Kier molecular flexibility index (Phi) is 6.56. The number of hydrogen-bond acceptors (Lipinski definition) is 4. The Bertz CT molecular complexity index is 974. The Labute approximate surface area is 176 Å². The summed E-state index contributed by atoms with van der Waals surface area (Å²) in [5.41, 5.74) is 9.26. The van der Waals surface area contributed by atoms with Gasteiger partial charge < -0.3 is 15.4 Å². The molecule has 2 heterocycles. The highest BCUT2D eigenvalue weighted by Gasteiger charge is 2.28. The molecular formula is C22H25ClN4O2. The van der Waals surface area contributed by atoms with Gasteiger partial charge in [0.25, 0.3) is 5.91 Å². The van der Waals surface area contributed by atoms with Crippen LogP contribution in [0.1, 0.15) is 22.3 Å². The molecule has 0 bridgehead atoms. The van der Waals surface area contributed by atoms with Crippen molar-refractivity contribution in [2.75, 3.05) is 20.2 Å². The molecule has 1 fully saturated rings. The molecule has 0 aliphatic carbocycles. The van der Waals surface area contributed by atoms with E-state index in [9.17, 15) is 4.79 Å². The van der Waals surface area contributed by atoms with Crippen molar-refractivity contribution in [1.29, 1.82) is 0 Å². The molecule has 7 heteroatoms. The third kappa shape index (κ3) is 4.60. The third-order valence-electron chi connectivity index (χ3n) is 5.03. The molecule has 2 aromatic carbocycles. The standard InChI is InChI=1S/C22H24N4O2.ClH/c1-28-19-9-5-8-17(12-19)21-20(22(27)25-11-10-18(23)14-25)15-26(24-21)13-16-6-3-2-4-7-16;/h2-9,12,15,18H,10-11,13-14,23H2,1H3;1H/t18-;/m1./s1. The average molecular weight is 413 g/mol. The average Bonchev–Trinajstić information content (AvgIpc) is 3.35. The van der Waals surface area contributed by atoms with Gasteiger partial charge in [0.15, 0.2) is 0 Å². The summed E-state index contributed by atoms with van der Waals surface area (Å²) < 4.78 is 7.17. The van der Waals surface area contributed by atoms with Crippen molar-refractivity contribution in [2.24, 2.45) is 5.73 Å². The Balaban J connectivity index is 0.00000240. The summed E-state index contributed by atoms with van der Waals surface area (Å²) in [5.74, 6) is 0.710. The first kappa shape index (κ1) is 20.9. The second-order valence-electron chi connectivity index (χ2n) is 7.11. The van der Waals surface area contributed by atoms with Gasteiger partial charge in [-0.3, -0.25) is 9.48 Å². The van der Waals surface area contributed by atoms with Crippen LogP contribution in [-0.2, 0) is 6.54 Å². The van der Waals surface area contributed by atoms with Crippen LogP contribution < -0.4 is 10.5 Å². The topological polar surface area (TPSA) is 73.4 Å². The Morgan fingerprint density at radius 2 is 2.00 bits per heavy atom. The maximum atomic E-state index is 13.2. The molecule has 0 unspecified atom stereocenters. The van der Waals surface area contributed by atoms with Crippen LogP contribution in [0.4, 0.5) is 0 Å². The number of carbonyl (C=O) groups excluding carboxylic acids is 1. The van der Waals surface area contributed by atoms with Crippen molar-refractivity contribution >= 4 is 18.3 Å². The monoisotopic (exact) mass is 412 g/mol. The highest BCUT2D eigenvalue weighted by atomic mass is 35.5. The molecule has 1 amide bonds. The second kappa shape index (κ2) is 9.11. The van der Waals surface area contributed by atoms with Gasteiger partial charge in [-0.2, -0.15) is 5.10 Å². The van der Waals surface area contributed by atoms with Crippen LogP contribution in [0.25, 0.3) is 11.3 Å². The molecular weight excluding hydrogens is 388 g/mol. The van der Waals surface area contributed by atoms with E-state index >= 15 is 0 Å². The molecule has 1 aliphatic heterocycles. The Morgan fingerprint density at radius 1 is 1.21 bits per heavy atom. The fraction of sp³-hybridized carbons (Fsp3) is 0.273. The highest BCUT2D eigenvalue weighted by molar-refractivity contribution is 6.00. The molecule has 29 heavy (non-hydrogen) atoms. The van der Waals surface area contributed by atoms with Crippen LogP contribution in [0.2, 0.25) is 0 Å². The number of benzene rings is 2. The minimum atomic E-state index is -0.0231. The van der Waals surface area contributed by atoms with Crippen LogP contribution >= 0.6 is 12.4 Å². The first-order valence-electron chi connectivity index (χ1n) is 9.44. The molecule has 6 nitrogen and oxygen atoms in total. The number of carbonyl (C=O) groups is 1. The van der Waals surface area contributed by atoms with Crippen LogP contribution in [0.3, 0.4) is 0 Å². The second-order valence-corrected chi connectivity index (χ2v) is 7.11. The molecule has 3 aromatic rings. The van der Waals surface area contributed by atoms with Gasteiger partial charge in [-0.1, -0.05) is 42.5 Å². The molecule has 1 saturated heterocycles. The number of rotatable bonds is 5. The van der Waals surface area contributed by atoms with E-state index < -0.39 is 0 Å². The summed E-state index contributed by atoms with van der Waals surface area (Å²) >= 11 is 0. The summed E-state index contributed by atoms with van der Waals surface area (Å²) in [6, 6.07) is 17.8. The number of methoxy groups -OCH3 is 1. The number of aromatic nitrogens is 2. The van der Waals surface area contributed by atoms with Gasteiger partial charge in [0.1, 0.15) is 11.4 Å². The van der Waals surface area contributed by atoms with E-state index in [1.165, 1.54) is 0 Å². The zero-order chi connectivity index (χ0) is 19.5. The lowest BCUT2D eigenvalue weighted by Crippen LogP contribution is -2.32. The van der Waals surface area contributed by atoms with E-state index in [1.54, 1.807) is 7.11 Å². The maximum absolute atomic E-state index is 13.2. The number of amides is 1. The normalized spacial score (nSPS) is 15.8. The lowest BCUT2D eigenvalue weighted by Gasteiger charge is -2.15. The van der Waals surface area contributed by atoms with Gasteiger partial charge in [0, 0.05) is 30.9 Å². The van der Waals surface area contributed by atoms with Gasteiger partial charge in [0.2, 0.25) is 0 Å². The van der Waals surface area contributed by atoms with E-state index in [-0.39, 0.29) is 24.4 Å². The molecule has 2 N–H and O–H groups in total. The van der Waals surface area contributed by atoms with Crippen LogP contribution in [0, 0.1) is 0 Å². The predicted molar refractivity (Wildman–Crippen MR) is 116 cm³/mol. The lowest BCUT2D eigenvalue weighted by atomic mass is 10.1. The van der Waals surface area contributed by atoms with Gasteiger partial charge in [0.05, 0.1) is 19.2 Å². The number of nitrogens with zero attached hydrogens (tertiary/aromatic N) is 3. The molecule has 152 valence electrons. The van der Waals surface area contributed by atoms with Gasteiger partial charge in [-0.05, 0) is 24.1 Å². The molecule has 0 saturated carbocycles. The first-order chi connectivity index (χ1) is 13.6. The van der Waals surface area contributed by atoms with Crippen molar-refractivity contribution < 1.29 is 9.53 Å². The number of hydrogen-bond donors (Lipinski definition) is 1. The maximum Gasteiger partial charge on any atom is 0.257 e. The smallest absolute Gasteiger partial charge is 0.257 e. The highest BCUT2D eigenvalue weighted by Crippen LogP contribution is 2.27. The molecule has 1 aromatic heterocycles. The summed E-state index contributed by atoms with van der Waals surface area (Å²) in [6.07, 6.45) is 2.67. The van der Waals surface area contributed by atoms with E-state index in [1.807, 2.05) is 70.4 Å². The van der Waals surface area contributed by atoms with Crippen LogP contribution in [0.15, 0.2) is 60.8 Å². The van der Waals surface area contributed by atoms with Crippen molar-refractivity contribution in [1.82, 2.24) is 14.7 Å². The quantitative estimate of drug-likeness (QED) is 0.698. The molecule has 1 aliphatic rings. The van der Waals surface area contributed by atoms with Crippen LogP contribution in [-0.4, -0.2) is 46.8 Å². The zero-order valence-electron chi connectivity index (χ0n) is 16.3. The van der Waals surface area contributed by atoms with Gasteiger partial charge in [-0.15, -0.1) is 12.4 Å². The SMILES string of the molecule is COc1cccc(-c2nn(Cc3ccccc3)cc2C(=O)N2CC[C@@H](N)C2)c1.Cl. The van der Waals surface area contributed by atoms with Crippen molar-refractivity contribution in [2.45, 2.75) is 19.0 Å².